The molecule has 0 saturated heterocycles. The highest BCUT2D eigenvalue weighted by Gasteiger charge is 2.16. The van der Waals surface area contributed by atoms with Gasteiger partial charge in [-0.25, -0.2) is 0 Å². The fourth-order valence-corrected chi connectivity index (χ4v) is 1.36. The molecule has 2 N–H and O–H groups in total. The quantitative estimate of drug-likeness (QED) is 0.832. The van der Waals surface area contributed by atoms with E-state index in [1.807, 2.05) is 13.8 Å². The molecule has 0 aromatic carbocycles. The van der Waals surface area contributed by atoms with Crippen molar-refractivity contribution < 1.29 is 14.3 Å². The number of rotatable bonds is 3. The number of aromatic amines is 1. The Labute approximate surface area is 99.0 Å². The van der Waals surface area contributed by atoms with Crippen LogP contribution in [0.3, 0.4) is 0 Å². The molecule has 1 aliphatic rings. The number of anilines is 1. The van der Waals surface area contributed by atoms with Crippen LogP contribution in [0.5, 0.6) is 0 Å². The zero-order valence-corrected chi connectivity index (χ0v) is 9.82. The first kappa shape index (κ1) is 11.5. The van der Waals surface area contributed by atoms with Gasteiger partial charge in [0.25, 0.3) is 5.91 Å². The second kappa shape index (κ2) is 4.90. The summed E-state index contributed by atoms with van der Waals surface area (Å²) in [5, 5.41) is 9.48. The maximum Gasteiger partial charge on any atom is 0.295 e. The molecular formula is C11H15N3O3. The third-order valence-electron chi connectivity index (χ3n) is 2.33. The molecule has 1 aromatic rings. The molecule has 2 rings (SSSR count). The van der Waals surface area contributed by atoms with Gasteiger partial charge in [0, 0.05) is 11.8 Å². The van der Waals surface area contributed by atoms with Gasteiger partial charge in [0.1, 0.15) is 19.5 Å². The molecule has 1 aromatic heterocycles. The third kappa shape index (κ3) is 2.77. The maximum atomic E-state index is 11.7. The van der Waals surface area contributed by atoms with Crippen LogP contribution < -0.4 is 5.32 Å². The summed E-state index contributed by atoms with van der Waals surface area (Å²) in [5.41, 5.74) is 0.968. The molecule has 0 saturated carbocycles. The van der Waals surface area contributed by atoms with Gasteiger partial charge in [0.2, 0.25) is 5.76 Å². The molecule has 6 nitrogen and oxygen atoms in total. The van der Waals surface area contributed by atoms with E-state index >= 15 is 0 Å². The van der Waals surface area contributed by atoms with Gasteiger partial charge < -0.3 is 14.8 Å². The Kier molecular flexibility index (Phi) is 3.32. The molecule has 0 radical (unpaired) electrons. The Balaban J connectivity index is 2.00. The number of carbonyl (C=O) groups excluding carboxylic acids is 1. The lowest BCUT2D eigenvalue weighted by Gasteiger charge is -2.14. The molecule has 0 atom stereocenters. The van der Waals surface area contributed by atoms with Crippen LogP contribution in [-0.4, -0.2) is 29.3 Å². The Bertz CT molecular complexity index is 437. The van der Waals surface area contributed by atoms with E-state index in [4.69, 9.17) is 9.47 Å². The van der Waals surface area contributed by atoms with Gasteiger partial charge in [0.05, 0.1) is 0 Å². The number of nitrogens with one attached hydrogen (secondary N) is 2. The first-order valence-electron chi connectivity index (χ1n) is 5.48. The van der Waals surface area contributed by atoms with Gasteiger partial charge in [-0.15, -0.1) is 0 Å². The minimum Gasteiger partial charge on any atom is -0.494 e. The van der Waals surface area contributed by atoms with Gasteiger partial charge in [-0.05, 0) is 5.92 Å². The molecule has 0 aliphatic carbocycles. The standard InChI is InChI=1S/C11H15N3O3/c1-7(2)8-5-10(14-13-8)12-11(15)9-6-16-3-4-17-9/h5-7H,3-4H2,1-2H3,(H2,12,13,14,15). The lowest BCUT2D eigenvalue weighted by atomic mass is 10.1. The molecule has 6 heteroatoms. The molecular weight excluding hydrogens is 222 g/mol. The second-order valence-corrected chi connectivity index (χ2v) is 4.02. The van der Waals surface area contributed by atoms with Crippen LogP contribution in [0.4, 0.5) is 5.82 Å². The van der Waals surface area contributed by atoms with Crippen molar-refractivity contribution in [2.45, 2.75) is 19.8 Å². The van der Waals surface area contributed by atoms with Gasteiger partial charge in [-0.2, -0.15) is 5.10 Å². The zero-order valence-electron chi connectivity index (χ0n) is 9.82. The van der Waals surface area contributed by atoms with E-state index in [-0.39, 0.29) is 11.7 Å². The number of hydrogen-bond donors (Lipinski definition) is 2. The average Bonchev–Trinajstić information content (AvgIpc) is 2.79. The van der Waals surface area contributed by atoms with Crippen LogP contribution in [0, 0.1) is 0 Å². The van der Waals surface area contributed by atoms with Gasteiger partial charge in [-0.1, -0.05) is 13.8 Å². The summed E-state index contributed by atoms with van der Waals surface area (Å²) in [6, 6.07) is 1.80. The number of ether oxygens (including phenoxy) is 2. The zero-order chi connectivity index (χ0) is 12.3. The number of carbonyl (C=O) groups is 1. The van der Waals surface area contributed by atoms with Crippen LogP contribution in [0.15, 0.2) is 18.1 Å². The van der Waals surface area contributed by atoms with Gasteiger partial charge >= 0.3 is 0 Å². The number of aromatic nitrogens is 2. The van der Waals surface area contributed by atoms with Crippen LogP contribution in [0.25, 0.3) is 0 Å². The third-order valence-corrected chi connectivity index (χ3v) is 2.33. The summed E-state index contributed by atoms with van der Waals surface area (Å²) in [7, 11) is 0. The predicted molar refractivity (Wildman–Crippen MR) is 61.3 cm³/mol. The highest BCUT2D eigenvalue weighted by atomic mass is 16.6. The number of hydrogen-bond acceptors (Lipinski definition) is 4. The van der Waals surface area contributed by atoms with Crippen molar-refractivity contribution in [3.05, 3.63) is 23.8 Å². The molecule has 92 valence electrons. The summed E-state index contributed by atoms with van der Waals surface area (Å²) < 4.78 is 10.2. The minimum atomic E-state index is -0.355. The summed E-state index contributed by atoms with van der Waals surface area (Å²) in [6.45, 7) is 4.94. The maximum absolute atomic E-state index is 11.7. The molecule has 1 aliphatic heterocycles. The Morgan fingerprint density at radius 3 is 2.94 bits per heavy atom. The van der Waals surface area contributed by atoms with E-state index in [0.29, 0.717) is 24.9 Å². The molecule has 0 unspecified atom stereocenters. The van der Waals surface area contributed by atoms with Crippen molar-refractivity contribution in [3.63, 3.8) is 0 Å². The summed E-state index contributed by atoms with van der Waals surface area (Å²) in [4.78, 5) is 11.7. The molecule has 0 fully saturated rings. The normalized spacial score (nSPS) is 14.9. The van der Waals surface area contributed by atoms with E-state index in [1.165, 1.54) is 6.26 Å². The molecule has 0 bridgehead atoms. The second-order valence-electron chi connectivity index (χ2n) is 4.02. The Morgan fingerprint density at radius 2 is 2.35 bits per heavy atom. The molecule has 1 amide bonds. The molecule has 17 heavy (non-hydrogen) atoms. The highest BCUT2D eigenvalue weighted by molar-refractivity contribution is 6.01. The Hall–Kier alpha value is -1.98. The first-order chi connectivity index (χ1) is 8.16. The van der Waals surface area contributed by atoms with Gasteiger partial charge in [0.15, 0.2) is 5.82 Å². The van der Waals surface area contributed by atoms with Crippen LogP contribution in [0.2, 0.25) is 0 Å². The SMILES string of the molecule is CC(C)c1cc(NC(=O)C2=COCCO2)n[nH]1. The Morgan fingerprint density at radius 1 is 1.53 bits per heavy atom. The number of H-pyrrole nitrogens is 1. The fraction of sp³-hybridized carbons (Fsp3) is 0.455. The van der Waals surface area contributed by atoms with Crippen LogP contribution in [0.1, 0.15) is 25.5 Å². The molecule has 2 heterocycles. The van der Waals surface area contributed by atoms with Crippen LogP contribution in [-0.2, 0) is 14.3 Å². The average molecular weight is 237 g/mol. The fourth-order valence-electron chi connectivity index (χ4n) is 1.36. The largest absolute Gasteiger partial charge is 0.494 e. The predicted octanol–water partition coefficient (Wildman–Crippen LogP) is 1.36. The lowest BCUT2D eigenvalue weighted by molar-refractivity contribution is -0.117. The monoisotopic (exact) mass is 237 g/mol. The number of nitrogens with zero attached hydrogens (tertiary/aromatic N) is 1. The van der Waals surface area contributed by atoms with Crippen molar-refractivity contribution in [2.24, 2.45) is 0 Å². The minimum absolute atomic E-state index is 0.172. The van der Waals surface area contributed by atoms with Crippen molar-refractivity contribution in [2.75, 3.05) is 18.5 Å². The smallest absolute Gasteiger partial charge is 0.295 e. The van der Waals surface area contributed by atoms with Crippen molar-refractivity contribution in [1.29, 1.82) is 0 Å². The van der Waals surface area contributed by atoms with Crippen molar-refractivity contribution >= 4 is 11.7 Å². The van der Waals surface area contributed by atoms with Crippen molar-refractivity contribution in [1.82, 2.24) is 10.2 Å². The number of amides is 1. The summed E-state index contributed by atoms with van der Waals surface area (Å²) >= 11 is 0. The topological polar surface area (TPSA) is 76.2 Å². The van der Waals surface area contributed by atoms with E-state index in [2.05, 4.69) is 15.5 Å². The highest BCUT2D eigenvalue weighted by Crippen LogP contribution is 2.15. The van der Waals surface area contributed by atoms with Crippen molar-refractivity contribution in [3.8, 4) is 0 Å². The van der Waals surface area contributed by atoms with E-state index in [0.717, 1.165) is 5.69 Å². The summed E-state index contributed by atoms with van der Waals surface area (Å²) in [6.07, 6.45) is 1.31. The van der Waals surface area contributed by atoms with E-state index < -0.39 is 0 Å². The summed E-state index contributed by atoms with van der Waals surface area (Å²) in [5.74, 6) is 0.632. The lowest BCUT2D eigenvalue weighted by Crippen LogP contribution is -2.21. The van der Waals surface area contributed by atoms with E-state index in [1.54, 1.807) is 6.07 Å². The first-order valence-corrected chi connectivity index (χ1v) is 5.48. The van der Waals surface area contributed by atoms with Gasteiger partial charge in [-0.3, -0.25) is 9.89 Å². The molecule has 0 spiro atoms. The van der Waals surface area contributed by atoms with Crippen LogP contribution >= 0.6 is 0 Å². The van der Waals surface area contributed by atoms with E-state index in [9.17, 15) is 4.79 Å².